The second-order valence-corrected chi connectivity index (χ2v) is 7.52. The first-order valence-corrected chi connectivity index (χ1v) is 8.85. The number of carbonyl (C=O) groups is 2. The second-order valence-electron chi connectivity index (χ2n) is 7.52. The fourth-order valence-electron chi connectivity index (χ4n) is 3.11. The van der Waals surface area contributed by atoms with Crippen LogP contribution in [0.1, 0.15) is 36.8 Å². The van der Waals surface area contributed by atoms with E-state index in [1.54, 1.807) is 45.9 Å². The van der Waals surface area contributed by atoms with Gasteiger partial charge in [0.15, 0.2) is 0 Å². The third-order valence-corrected chi connectivity index (χ3v) is 4.35. The van der Waals surface area contributed by atoms with Gasteiger partial charge in [-0.05, 0) is 62.6 Å². The number of halogens is 1. The van der Waals surface area contributed by atoms with Crippen molar-refractivity contribution in [2.45, 2.75) is 33.3 Å². The molecule has 3 aromatic rings. The van der Waals surface area contributed by atoms with E-state index in [0.29, 0.717) is 11.1 Å². The normalized spacial score (nSPS) is 11.5. The van der Waals surface area contributed by atoms with Gasteiger partial charge < -0.3 is 9.47 Å². The minimum Gasteiger partial charge on any atom is -0.464 e. The van der Waals surface area contributed by atoms with Gasteiger partial charge in [0, 0.05) is 5.39 Å². The van der Waals surface area contributed by atoms with Crippen molar-refractivity contribution in [1.29, 1.82) is 0 Å². The van der Waals surface area contributed by atoms with Gasteiger partial charge >= 0.3 is 12.1 Å². The summed E-state index contributed by atoms with van der Waals surface area (Å²) in [6.45, 7) is 7.02. The van der Waals surface area contributed by atoms with Crippen molar-refractivity contribution >= 4 is 23.0 Å². The minimum atomic E-state index is -0.733. The van der Waals surface area contributed by atoms with Crippen molar-refractivity contribution in [1.82, 2.24) is 4.57 Å². The fourth-order valence-corrected chi connectivity index (χ4v) is 3.11. The van der Waals surface area contributed by atoms with Gasteiger partial charge in [-0.1, -0.05) is 24.3 Å². The van der Waals surface area contributed by atoms with E-state index in [0.717, 1.165) is 16.5 Å². The molecule has 1 heterocycles. The minimum absolute atomic E-state index is 0.128. The molecule has 0 fully saturated rings. The lowest BCUT2D eigenvalue weighted by atomic mass is 10.0. The molecule has 28 heavy (non-hydrogen) atoms. The maximum absolute atomic E-state index is 13.3. The molecule has 0 aliphatic heterocycles. The first-order valence-electron chi connectivity index (χ1n) is 8.85. The molecule has 0 saturated heterocycles. The van der Waals surface area contributed by atoms with E-state index >= 15 is 0 Å². The molecule has 0 radical (unpaired) electrons. The summed E-state index contributed by atoms with van der Waals surface area (Å²) in [5.41, 5.74) is 2.11. The maximum atomic E-state index is 13.3. The molecular formula is C22H22FNO4. The zero-order valence-corrected chi connectivity index (χ0v) is 16.5. The van der Waals surface area contributed by atoms with Gasteiger partial charge in [0.1, 0.15) is 17.1 Å². The van der Waals surface area contributed by atoms with Crippen molar-refractivity contribution in [3.8, 4) is 11.1 Å². The highest BCUT2D eigenvalue weighted by Gasteiger charge is 2.28. The van der Waals surface area contributed by atoms with Gasteiger partial charge in [-0.25, -0.2) is 18.5 Å². The second kappa shape index (κ2) is 7.11. The number of aromatic nitrogens is 1. The average molecular weight is 383 g/mol. The molecule has 146 valence electrons. The van der Waals surface area contributed by atoms with Gasteiger partial charge in [0.25, 0.3) is 0 Å². The van der Waals surface area contributed by atoms with Crippen molar-refractivity contribution in [3.63, 3.8) is 0 Å². The highest BCUT2D eigenvalue weighted by molar-refractivity contribution is 6.05. The van der Waals surface area contributed by atoms with Gasteiger partial charge in [-0.2, -0.15) is 0 Å². The molecule has 6 heteroatoms. The van der Waals surface area contributed by atoms with Crippen LogP contribution >= 0.6 is 0 Å². The number of benzene rings is 2. The van der Waals surface area contributed by atoms with Crippen molar-refractivity contribution < 1.29 is 23.5 Å². The molecule has 0 bridgehead atoms. The number of carbonyl (C=O) groups excluding carboxylic acids is 2. The maximum Gasteiger partial charge on any atom is 0.419 e. The number of nitrogens with zero attached hydrogens (tertiary/aromatic N) is 1. The first kappa shape index (κ1) is 19.6. The van der Waals surface area contributed by atoms with E-state index in [9.17, 15) is 14.0 Å². The summed E-state index contributed by atoms with van der Waals surface area (Å²) in [4.78, 5) is 25.3. The standard InChI is InChI=1S/C22H22FNO4/c1-13-17-11-8-15(14-6-9-16(23)10-7-14)12-18(17)24(19(13)20(25)27-5)21(26)28-22(2,3)4/h6-12H,1-5H3. The van der Waals surface area contributed by atoms with Crippen LogP contribution in [0.4, 0.5) is 9.18 Å². The highest BCUT2D eigenvalue weighted by Crippen LogP contribution is 2.31. The Labute approximate surface area is 162 Å². The van der Waals surface area contributed by atoms with Crippen molar-refractivity contribution in [2.24, 2.45) is 0 Å². The van der Waals surface area contributed by atoms with E-state index < -0.39 is 17.7 Å². The van der Waals surface area contributed by atoms with Gasteiger partial charge in [0.05, 0.1) is 12.6 Å². The molecular weight excluding hydrogens is 361 g/mol. The van der Waals surface area contributed by atoms with E-state index in [-0.39, 0.29) is 11.5 Å². The van der Waals surface area contributed by atoms with E-state index in [2.05, 4.69) is 0 Å². The molecule has 0 aliphatic rings. The van der Waals surface area contributed by atoms with Crippen LogP contribution in [0.5, 0.6) is 0 Å². The molecule has 0 N–H and O–H groups in total. The quantitative estimate of drug-likeness (QED) is 0.562. The number of aryl methyl sites for hydroxylation is 1. The molecule has 0 amide bonds. The predicted molar refractivity (Wildman–Crippen MR) is 105 cm³/mol. The van der Waals surface area contributed by atoms with Crippen LogP contribution in [0.15, 0.2) is 42.5 Å². The number of esters is 1. The number of rotatable bonds is 2. The Morgan fingerprint density at radius 1 is 1.00 bits per heavy atom. The molecule has 0 atom stereocenters. The Morgan fingerprint density at radius 3 is 2.18 bits per heavy atom. The molecule has 0 aliphatic carbocycles. The summed E-state index contributed by atoms with van der Waals surface area (Å²) in [6.07, 6.45) is -0.665. The molecule has 1 aromatic heterocycles. The average Bonchev–Trinajstić information content (AvgIpc) is 2.92. The topological polar surface area (TPSA) is 57.5 Å². The van der Waals surface area contributed by atoms with Crippen molar-refractivity contribution in [3.05, 3.63) is 59.5 Å². The Morgan fingerprint density at radius 2 is 1.61 bits per heavy atom. The molecule has 5 nitrogen and oxygen atoms in total. The largest absolute Gasteiger partial charge is 0.464 e. The van der Waals surface area contributed by atoms with Gasteiger partial charge in [-0.15, -0.1) is 0 Å². The third-order valence-electron chi connectivity index (χ3n) is 4.35. The van der Waals surface area contributed by atoms with Crippen LogP contribution in [0, 0.1) is 12.7 Å². The lowest BCUT2D eigenvalue weighted by Crippen LogP contribution is -2.29. The fraction of sp³-hybridized carbons (Fsp3) is 0.273. The zero-order valence-electron chi connectivity index (χ0n) is 16.5. The lowest BCUT2D eigenvalue weighted by molar-refractivity contribution is 0.0489. The van der Waals surface area contributed by atoms with Crippen LogP contribution < -0.4 is 0 Å². The lowest BCUT2D eigenvalue weighted by Gasteiger charge is -2.20. The first-order chi connectivity index (χ1) is 13.1. The van der Waals surface area contributed by atoms with Gasteiger partial charge in [0.2, 0.25) is 0 Å². The summed E-state index contributed by atoms with van der Waals surface area (Å²) < 4.78 is 24.9. The number of methoxy groups -OCH3 is 1. The number of ether oxygens (including phenoxy) is 2. The summed E-state index contributed by atoms with van der Waals surface area (Å²) in [5.74, 6) is -0.950. The number of fused-ring (bicyclic) bond motifs is 1. The SMILES string of the molecule is COC(=O)c1c(C)c2ccc(-c3ccc(F)cc3)cc2n1C(=O)OC(C)(C)C. The Hall–Kier alpha value is -3.15. The van der Waals surface area contributed by atoms with Crippen LogP contribution in [-0.2, 0) is 9.47 Å². The smallest absolute Gasteiger partial charge is 0.419 e. The van der Waals surface area contributed by atoms with Crippen LogP contribution in [0.3, 0.4) is 0 Å². The van der Waals surface area contributed by atoms with Crippen LogP contribution in [0.25, 0.3) is 22.0 Å². The molecule has 0 saturated carbocycles. The summed E-state index contributed by atoms with van der Waals surface area (Å²) in [5, 5.41) is 0.733. The summed E-state index contributed by atoms with van der Waals surface area (Å²) >= 11 is 0. The highest BCUT2D eigenvalue weighted by atomic mass is 19.1. The molecule has 0 spiro atoms. The Balaban J connectivity index is 2.26. The predicted octanol–water partition coefficient (Wildman–Crippen LogP) is 5.33. The number of hydrogen-bond donors (Lipinski definition) is 0. The van der Waals surface area contributed by atoms with Gasteiger partial charge in [-0.3, -0.25) is 0 Å². The van der Waals surface area contributed by atoms with E-state index in [4.69, 9.17) is 9.47 Å². The van der Waals surface area contributed by atoms with Crippen molar-refractivity contribution in [2.75, 3.05) is 7.11 Å². The van der Waals surface area contributed by atoms with E-state index in [1.807, 2.05) is 12.1 Å². The Kier molecular flexibility index (Phi) is 4.98. The van der Waals surface area contributed by atoms with Crippen LogP contribution in [0.2, 0.25) is 0 Å². The zero-order chi connectivity index (χ0) is 20.6. The molecule has 3 rings (SSSR count). The Bertz CT molecular complexity index is 1060. The monoisotopic (exact) mass is 383 g/mol. The third kappa shape index (κ3) is 3.63. The van der Waals surface area contributed by atoms with Crippen LogP contribution in [-0.4, -0.2) is 29.3 Å². The summed E-state index contributed by atoms with van der Waals surface area (Å²) in [6, 6.07) is 11.5. The van der Waals surface area contributed by atoms with E-state index in [1.165, 1.54) is 23.8 Å². The number of hydrogen-bond acceptors (Lipinski definition) is 4. The summed E-state index contributed by atoms with van der Waals surface area (Å²) in [7, 11) is 1.27. The molecule has 0 unspecified atom stereocenters. The molecule has 2 aromatic carbocycles.